The zero-order valence-corrected chi connectivity index (χ0v) is 9.11. The molecule has 0 amide bonds. The number of hydrogen-bond donors (Lipinski definition) is 1. The highest BCUT2D eigenvalue weighted by Crippen LogP contribution is 2.30. The number of fused-ring (bicyclic) bond motifs is 1. The van der Waals surface area contributed by atoms with Gasteiger partial charge in [0.15, 0.2) is 0 Å². The van der Waals surface area contributed by atoms with E-state index >= 15 is 0 Å². The Bertz CT molecular complexity index is 498. The van der Waals surface area contributed by atoms with E-state index in [2.05, 4.69) is 0 Å². The number of benzene rings is 2. The minimum absolute atomic E-state index is 0.559. The van der Waals surface area contributed by atoms with Crippen LogP contribution in [0.5, 0.6) is 5.75 Å². The van der Waals surface area contributed by atoms with Crippen LogP contribution in [0.2, 0.25) is 0 Å². The molecule has 0 aliphatic rings. The molecule has 2 aromatic carbocycles. The fourth-order valence-corrected chi connectivity index (χ4v) is 1.88. The van der Waals surface area contributed by atoms with Crippen LogP contribution in [0.4, 0.5) is 4.39 Å². The summed E-state index contributed by atoms with van der Waals surface area (Å²) >= 11 is 0. The number of hydrogen-bond acceptors (Lipinski definition) is 2. The molecule has 0 bridgehead atoms. The Morgan fingerprint density at radius 3 is 2.50 bits per heavy atom. The van der Waals surface area contributed by atoms with Gasteiger partial charge in [-0.2, -0.15) is 0 Å². The van der Waals surface area contributed by atoms with Crippen molar-refractivity contribution in [3.63, 3.8) is 0 Å². The SMILES string of the molecule is COc1ccc([C@H](N)CF)c2ccccc12. The van der Waals surface area contributed by atoms with Gasteiger partial charge >= 0.3 is 0 Å². The number of halogens is 1. The third-order valence-corrected chi connectivity index (χ3v) is 2.70. The highest BCUT2D eigenvalue weighted by atomic mass is 19.1. The van der Waals surface area contributed by atoms with Crippen molar-refractivity contribution in [2.24, 2.45) is 5.73 Å². The van der Waals surface area contributed by atoms with Crippen LogP contribution in [0.1, 0.15) is 11.6 Å². The average Bonchev–Trinajstić information content (AvgIpc) is 2.36. The largest absolute Gasteiger partial charge is 0.496 e. The van der Waals surface area contributed by atoms with Crippen molar-refractivity contribution in [3.8, 4) is 5.75 Å². The standard InChI is InChI=1S/C13H14FNO/c1-16-13-7-6-10(12(15)8-14)9-4-2-3-5-11(9)13/h2-7,12H,8,15H2,1H3/t12-/m1/s1. The summed E-state index contributed by atoms with van der Waals surface area (Å²) in [6.07, 6.45) is 0. The number of methoxy groups -OCH3 is 1. The maximum absolute atomic E-state index is 12.6. The Balaban J connectivity index is 2.69. The second-order valence-electron chi connectivity index (χ2n) is 3.66. The molecule has 0 fully saturated rings. The second-order valence-corrected chi connectivity index (χ2v) is 3.66. The maximum atomic E-state index is 12.6. The predicted octanol–water partition coefficient (Wildman–Crippen LogP) is 2.82. The minimum Gasteiger partial charge on any atom is -0.496 e. The van der Waals surface area contributed by atoms with Gasteiger partial charge in [-0.15, -0.1) is 0 Å². The highest BCUT2D eigenvalue weighted by Gasteiger charge is 2.11. The molecule has 0 saturated heterocycles. The lowest BCUT2D eigenvalue weighted by Gasteiger charge is -2.13. The van der Waals surface area contributed by atoms with Gasteiger partial charge in [-0.05, 0) is 17.0 Å². The van der Waals surface area contributed by atoms with Crippen molar-refractivity contribution < 1.29 is 9.13 Å². The molecule has 0 unspecified atom stereocenters. The molecule has 0 aliphatic heterocycles. The molecule has 3 heteroatoms. The molecule has 2 aromatic rings. The first-order valence-electron chi connectivity index (χ1n) is 5.15. The van der Waals surface area contributed by atoms with Crippen molar-refractivity contribution in [1.82, 2.24) is 0 Å². The zero-order chi connectivity index (χ0) is 11.5. The smallest absolute Gasteiger partial charge is 0.126 e. The molecule has 0 saturated carbocycles. The van der Waals surface area contributed by atoms with E-state index in [1.54, 1.807) is 7.11 Å². The summed E-state index contributed by atoms with van der Waals surface area (Å²) in [6, 6.07) is 10.8. The van der Waals surface area contributed by atoms with Crippen LogP contribution < -0.4 is 10.5 Å². The third-order valence-electron chi connectivity index (χ3n) is 2.70. The first kappa shape index (κ1) is 10.9. The van der Waals surface area contributed by atoms with Crippen molar-refractivity contribution in [2.75, 3.05) is 13.8 Å². The molecule has 2 rings (SSSR count). The van der Waals surface area contributed by atoms with E-state index < -0.39 is 12.7 Å². The Labute approximate surface area is 93.8 Å². The van der Waals surface area contributed by atoms with E-state index in [0.717, 1.165) is 22.1 Å². The van der Waals surface area contributed by atoms with Crippen LogP contribution in [0, 0.1) is 0 Å². The molecule has 2 N–H and O–H groups in total. The Morgan fingerprint density at radius 2 is 1.88 bits per heavy atom. The van der Waals surface area contributed by atoms with Crippen LogP contribution in [-0.2, 0) is 0 Å². The van der Waals surface area contributed by atoms with Crippen LogP contribution in [0.25, 0.3) is 10.8 Å². The highest BCUT2D eigenvalue weighted by molar-refractivity contribution is 5.91. The first-order chi connectivity index (χ1) is 7.77. The molecular weight excluding hydrogens is 205 g/mol. The van der Waals surface area contributed by atoms with Crippen LogP contribution in [0.15, 0.2) is 36.4 Å². The van der Waals surface area contributed by atoms with Gasteiger partial charge in [-0.25, -0.2) is 4.39 Å². The number of nitrogens with two attached hydrogens (primary N) is 1. The Morgan fingerprint density at radius 1 is 1.19 bits per heavy atom. The van der Waals surface area contributed by atoms with E-state index in [1.807, 2.05) is 36.4 Å². The monoisotopic (exact) mass is 219 g/mol. The van der Waals surface area contributed by atoms with Gasteiger partial charge in [-0.3, -0.25) is 0 Å². The predicted molar refractivity (Wildman–Crippen MR) is 63.4 cm³/mol. The molecule has 16 heavy (non-hydrogen) atoms. The normalized spacial score (nSPS) is 12.7. The van der Waals surface area contributed by atoms with Gasteiger partial charge in [0.2, 0.25) is 0 Å². The molecule has 1 atom stereocenters. The van der Waals surface area contributed by atoms with Gasteiger partial charge in [0.25, 0.3) is 0 Å². The molecule has 0 heterocycles. The van der Waals surface area contributed by atoms with Crippen molar-refractivity contribution in [3.05, 3.63) is 42.0 Å². The van der Waals surface area contributed by atoms with Crippen molar-refractivity contribution in [1.29, 1.82) is 0 Å². The number of alkyl halides is 1. The minimum atomic E-state index is -0.573. The lowest BCUT2D eigenvalue weighted by molar-refractivity contribution is 0.418. The molecule has 84 valence electrons. The summed E-state index contributed by atoms with van der Waals surface area (Å²) in [4.78, 5) is 0. The topological polar surface area (TPSA) is 35.2 Å². The lowest BCUT2D eigenvalue weighted by atomic mass is 9.99. The summed E-state index contributed by atoms with van der Waals surface area (Å²) in [5, 5.41) is 1.92. The zero-order valence-electron chi connectivity index (χ0n) is 9.11. The summed E-state index contributed by atoms with van der Waals surface area (Å²) in [5.74, 6) is 0.783. The van der Waals surface area contributed by atoms with Crippen LogP contribution in [-0.4, -0.2) is 13.8 Å². The molecule has 0 spiro atoms. The number of rotatable bonds is 3. The summed E-state index contributed by atoms with van der Waals surface area (Å²) < 4.78 is 17.9. The Kier molecular flexibility index (Phi) is 3.06. The van der Waals surface area contributed by atoms with Crippen molar-refractivity contribution >= 4 is 10.8 Å². The van der Waals surface area contributed by atoms with Gasteiger partial charge < -0.3 is 10.5 Å². The average molecular weight is 219 g/mol. The van der Waals surface area contributed by atoms with Crippen LogP contribution in [0.3, 0.4) is 0 Å². The summed E-state index contributed by atoms with van der Waals surface area (Å²) in [6.45, 7) is -0.559. The maximum Gasteiger partial charge on any atom is 0.126 e. The van der Waals surface area contributed by atoms with E-state index in [-0.39, 0.29) is 0 Å². The quantitative estimate of drug-likeness (QED) is 0.861. The van der Waals surface area contributed by atoms with Gasteiger partial charge in [-0.1, -0.05) is 30.3 Å². The van der Waals surface area contributed by atoms with E-state index in [1.165, 1.54) is 0 Å². The van der Waals surface area contributed by atoms with E-state index in [0.29, 0.717) is 0 Å². The molecular formula is C13H14FNO. The van der Waals surface area contributed by atoms with Crippen LogP contribution >= 0.6 is 0 Å². The van der Waals surface area contributed by atoms with E-state index in [4.69, 9.17) is 10.5 Å². The molecule has 0 radical (unpaired) electrons. The summed E-state index contributed by atoms with van der Waals surface area (Å²) in [5.41, 5.74) is 6.55. The lowest BCUT2D eigenvalue weighted by Crippen LogP contribution is -2.12. The van der Waals surface area contributed by atoms with E-state index in [9.17, 15) is 4.39 Å². The first-order valence-corrected chi connectivity index (χ1v) is 5.15. The third kappa shape index (κ3) is 1.74. The fourth-order valence-electron chi connectivity index (χ4n) is 1.88. The van der Waals surface area contributed by atoms with Gasteiger partial charge in [0.1, 0.15) is 12.4 Å². The van der Waals surface area contributed by atoms with Gasteiger partial charge in [0, 0.05) is 5.39 Å². The second kappa shape index (κ2) is 4.49. The summed E-state index contributed by atoms with van der Waals surface area (Å²) in [7, 11) is 1.62. The fraction of sp³-hybridized carbons (Fsp3) is 0.231. The van der Waals surface area contributed by atoms with Crippen molar-refractivity contribution in [2.45, 2.75) is 6.04 Å². The molecule has 0 aromatic heterocycles. The molecule has 0 aliphatic carbocycles. The number of ether oxygens (including phenoxy) is 1. The van der Waals surface area contributed by atoms with Gasteiger partial charge in [0.05, 0.1) is 13.2 Å². The molecule has 2 nitrogen and oxygen atoms in total. The Hall–Kier alpha value is -1.61.